The molecule has 0 saturated carbocycles. The first-order valence-corrected chi connectivity index (χ1v) is 8.82. The molecule has 1 heterocycles. The summed E-state index contributed by atoms with van der Waals surface area (Å²) >= 11 is 0. The van der Waals surface area contributed by atoms with Crippen molar-refractivity contribution in [2.75, 3.05) is 20.3 Å². The molecule has 0 bridgehead atoms. The maximum absolute atomic E-state index is 12.0. The molecule has 0 radical (unpaired) electrons. The van der Waals surface area contributed by atoms with Crippen molar-refractivity contribution in [3.05, 3.63) is 12.7 Å². The number of unbranched alkanes of at least 4 members (excludes halogenated alkanes) is 7. The van der Waals surface area contributed by atoms with Crippen LogP contribution < -0.4 is 0 Å². The molecule has 5 heteroatoms. The molecular weight excluding hydrogens is 294 g/mol. The molecule has 1 saturated heterocycles. The molecule has 132 valence electrons. The van der Waals surface area contributed by atoms with E-state index in [0.717, 1.165) is 25.7 Å². The molecule has 0 aromatic carbocycles. The summed E-state index contributed by atoms with van der Waals surface area (Å²) in [5, 5.41) is 0. The highest BCUT2D eigenvalue weighted by atomic mass is 16.6. The van der Waals surface area contributed by atoms with E-state index >= 15 is 0 Å². The number of hydrogen-bond acceptors (Lipinski definition) is 4. The maximum atomic E-state index is 12.0. The SMILES string of the molecule is C=CCCCCCCCCCOC(=O)C1CCCN1C(=O)OC. The van der Waals surface area contributed by atoms with Gasteiger partial charge in [-0.05, 0) is 32.1 Å². The van der Waals surface area contributed by atoms with Gasteiger partial charge < -0.3 is 9.47 Å². The Morgan fingerprint density at radius 2 is 1.78 bits per heavy atom. The van der Waals surface area contributed by atoms with Crippen molar-refractivity contribution in [1.29, 1.82) is 0 Å². The topological polar surface area (TPSA) is 55.8 Å². The minimum Gasteiger partial charge on any atom is -0.464 e. The van der Waals surface area contributed by atoms with Crippen LogP contribution >= 0.6 is 0 Å². The van der Waals surface area contributed by atoms with Gasteiger partial charge in [0.25, 0.3) is 0 Å². The number of ether oxygens (including phenoxy) is 2. The lowest BCUT2D eigenvalue weighted by Crippen LogP contribution is -2.41. The van der Waals surface area contributed by atoms with Crippen LogP contribution in [0.1, 0.15) is 64.2 Å². The first-order valence-electron chi connectivity index (χ1n) is 8.82. The first kappa shape index (κ1) is 19.5. The third-order valence-corrected chi connectivity index (χ3v) is 4.23. The van der Waals surface area contributed by atoms with E-state index in [9.17, 15) is 9.59 Å². The fourth-order valence-corrected chi connectivity index (χ4v) is 2.89. The van der Waals surface area contributed by atoms with Gasteiger partial charge in [0.15, 0.2) is 0 Å². The van der Waals surface area contributed by atoms with E-state index in [1.807, 2.05) is 6.08 Å². The number of carbonyl (C=O) groups excluding carboxylic acids is 2. The second-order valence-electron chi connectivity index (χ2n) is 6.04. The minimum atomic E-state index is -0.465. The number of amides is 1. The number of carbonyl (C=O) groups is 2. The van der Waals surface area contributed by atoms with Crippen molar-refractivity contribution in [3.8, 4) is 0 Å². The van der Waals surface area contributed by atoms with Gasteiger partial charge in [0.2, 0.25) is 0 Å². The highest BCUT2D eigenvalue weighted by Crippen LogP contribution is 2.19. The second-order valence-corrected chi connectivity index (χ2v) is 6.04. The van der Waals surface area contributed by atoms with E-state index < -0.39 is 12.1 Å². The maximum Gasteiger partial charge on any atom is 0.410 e. The Bertz CT molecular complexity index is 370. The van der Waals surface area contributed by atoms with Crippen molar-refractivity contribution in [2.24, 2.45) is 0 Å². The molecule has 1 unspecified atom stereocenters. The summed E-state index contributed by atoms with van der Waals surface area (Å²) in [6, 6.07) is -0.465. The van der Waals surface area contributed by atoms with Crippen LogP contribution in [0.15, 0.2) is 12.7 Å². The van der Waals surface area contributed by atoms with Crippen LogP contribution in [0.25, 0.3) is 0 Å². The molecule has 0 N–H and O–H groups in total. The third kappa shape index (κ3) is 7.53. The zero-order chi connectivity index (χ0) is 16.9. The summed E-state index contributed by atoms with van der Waals surface area (Å²) in [5.74, 6) is -0.294. The van der Waals surface area contributed by atoms with Gasteiger partial charge in [0.1, 0.15) is 6.04 Å². The van der Waals surface area contributed by atoms with Crippen molar-refractivity contribution in [1.82, 2.24) is 4.90 Å². The highest BCUT2D eigenvalue weighted by Gasteiger charge is 2.35. The van der Waals surface area contributed by atoms with Crippen LogP contribution in [-0.2, 0) is 14.3 Å². The molecular formula is C18H31NO4. The summed E-state index contributed by atoms with van der Waals surface area (Å²) in [5.41, 5.74) is 0. The van der Waals surface area contributed by atoms with Gasteiger partial charge >= 0.3 is 12.1 Å². The van der Waals surface area contributed by atoms with Gasteiger partial charge in [-0.2, -0.15) is 0 Å². The van der Waals surface area contributed by atoms with E-state index in [4.69, 9.17) is 9.47 Å². The Morgan fingerprint density at radius 1 is 1.13 bits per heavy atom. The molecule has 1 atom stereocenters. The van der Waals surface area contributed by atoms with Gasteiger partial charge in [-0.25, -0.2) is 9.59 Å². The van der Waals surface area contributed by atoms with Gasteiger partial charge in [-0.3, -0.25) is 4.90 Å². The Labute approximate surface area is 140 Å². The normalized spacial score (nSPS) is 17.1. The van der Waals surface area contributed by atoms with Gasteiger partial charge in [-0.15, -0.1) is 6.58 Å². The summed E-state index contributed by atoms with van der Waals surface area (Å²) in [6.45, 7) is 4.73. The average Bonchev–Trinajstić information content (AvgIpc) is 3.05. The summed E-state index contributed by atoms with van der Waals surface area (Å²) in [4.78, 5) is 25.1. The van der Waals surface area contributed by atoms with Crippen LogP contribution in [0.2, 0.25) is 0 Å². The van der Waals surface area contributed by atoms with Crippen molar-refractivity contribution < 1.29 is 19.1 Å². The summed E-state index contributed by atoms with van der Waals surface area (Å²) in [6.07, 6.45) is 12.3. The Kier molecular flexibility index (Phi) is 10.2. The van der Waals surface area contributed by atoms with Crippen molar-refractivity contribution >= 4 is 12.1 Å². The zero-order valence-corrected chi connectivity index (χ0v) is 14.4. The predicted molar refractivity (Wildman–Crippen MR) is 90.2 cm³/mol. The first-order chi connectivity index (χ1) is 11.2. The lowest BCUT2D eigenvalue weighted by atomic mass is 10.1. The number of likely N-dealkylation sites (tertiary alicyclic amines) is 1. The lowest BCUT2D eigenvalue weighted by Gasteiger charge is -2.21. The third-order valence-electron chi connectivity index (χ3n) is 4.23. The quantitative estimate of drug-likeness (QED) is 0.326. The van der Waals surface area contributed by atoms with E-state index in [0.29, 0.717) is 19.6 Å². The Morgan fingerprint density at radius 3 is 2.43 bits per heavy atom. The van der Waals surface area contributed by atoms with E-state index in [2.05, 4.69) is 6.58 Å². The number of nitrogens with zero attached hydrogens (tertiary/aromatic N) is 1. The summed E-state index contributed by atoms with van der Waals surface area (Å²) < 4.78 is 10.0. The fourth-order valence-electron chi connectivity index (χ4n) is 2.89. The van der Waals surface area contributed by atoms with E-state index in [1.165, 1.54) is 44.1 Å². The number of rotatable bonds is 11. The van der Waals surface area contributed by atoms with Gasteiger partial charge in [-0.1, -0.05) is 38.2 Å². The smallest absolute Gasteiger partial charge is 0.410 e. The van der Waals surface area contributed by atoms with Gasteiger partial charge in [0.05, 0.1) is 13.7 Å². The molecule has 1 fully saturated rings. The largest absolute Gasteiger partial charge is 0.464 e. The molecule has 0 spiro atoms. The standard InChI is InChI=1S/C18H31NO4/c1-3-4-5-6-7-8-9-10-11-15-23-17(20)16-13-12-14-19(16)18(21)22-2/h3,16H,1,4-15H2,2H3. The lowest BCUT2D eigenvalue weighted by molar-refractivity contribution is -0.148. The summed E-state index contributed by atoms with van der Waals surface area (Å²) in [7, 11) is 1.33. The van der Waals surface area contributed by atoms with Gasteiger partial charge in [0, 0.05) is 6.54 Å². The molecule has 5 nitrogen and oxygen atoms in total. The fraction of sp³-hybridized carbons (Fsp3) is 0.778. The molecule has 0 aliphatic carbocycles. The molecule has 1 rings (SSSR count). The zero-order valence-electron chi connectivity index (χ0n) is 14.4. The molecule has 23 heavy (non-hydrogen) atoms. The Hall–Kier alpha value is -1.52. The number of methoxy groups -OCH3 is 1. The van der Waals surface area contributed by atoms with Crippen LogP contribution in [0.5, 0.6) is 0 Å². The second kappa shape index (κ2) is 12.0. The number of hydrogen-bond donors (Lipinski definition) is 0. The predicted octanol–water partition coefficient (Wildman–Crippen LogP) is 4.07. The van der Waals surface area contributed by atoms with E-state index in [1.54, 1.807) is 0 Å². The number of esters is 1. The van der Waals surface area contributed by atoms with E-state index in [-0.39, 0.29) is 5.97 Å². The molecule has 0 aromatic rings. The van der Waals surface area contributed by atoms with Crippen LogP contribution in [0.4, 0.5) is 4.79 Å². The molecule has 1 aliphatic heterocycles. The average molecular weight is 325 g/mol. The van der Waals surface area contributed by atoms with Crippen LogP contribution in [0, 0.1) is 0 Å². The minimum absolute atomic E-state index is 0.294. The Balaban J connectivity index is 2.03. The highest BCUT2D eigenvalue weighted by molar-refractivity contribution is 5.82. The van der Waals surface area contributed by atoms with Crippen molar-refractivity contribution in [2.45, 2.75) is 70.3 Å². The molecule has 0 aromatic heterocycles. The monoisotopic (exact) mass is 325 g/mol. The van der Waals surface area contributed by atoms with Crippen LogP contribution in [-0.4, -0.2) is 43.3 Å². The molecule has 1 amide bonds. The molecule has 1 aliphatic rings. The van der Waals surface area contributed by atoms with Crippen LogP contribution in [0.3, 0.4) is 0 Å². The number of allylic oxidation sites excluding steroid dienone is 1. The van der Waals surface area contributed by atoms with Crippen molar-refractivity contribution in [3.63, 3.8) is 0 Å².